The van der Waals surface area contributed by atoms with Crippen molar-refractivity contribution in [2.75, 3.05) is 19.7 Å². The van der Waals surface area contributed by atoms with Gasteiger partial charge in [0.1, 0.15) is 11.9 Å². The molecule has 1 unspecified atom stereocenters. The predicted octanol–water partition coefficient (Wildman–Crippen LogP) is 0.379. The fourth-order valence-corrected chi connectivity index (χ4v) is 2.32. The van der Waals surface area contributed by atoms with Gasteiger partial charge in [0, 0.05) is 25.9 Å². The summed E-state index contributed by atoms with van der Waals surface area (Å²) in [6, 6.07) is 0. The lowest BCUT2D eigenvalue weighted by atomic mass is 9.99. The van der Waals surface area contributed by atoms with Crippen molar-refractivity contribution in [1.82, 2.24) is 14.9 Å². The zero-order chi connectivity index (χ0) is 13.0. The Kier molecular flexibility index (Phi) is 4.22. The quantitative estimate of drug-likeness (QED) is 0.804. The van der Waals surface area contributed by atoms with Crippen LogP contribution < -0.4 is 0 Å². The Labute approximate surface area is 105 Å². The van der Waals surface area contributed by atoms with Crippen molar-refractivity contribution >= 4 is 5.97 Å². The second-order valence-corrected chi connectivity index (χ2v) is 4.61. The number of piperidine rings is 1. The third-order valence-corrected chi connectivity index (χ3v) is 3.26. The number of carboxylic acid groups (broad SMARTS) is 1. The summed E-state index contributed by atoms with van der Waals surface area (Å²) in [5.74, 6) is -0.713. The number of hydrogen-bond acceptors (Lipinski definition) is 5. The summed E-state index contributed by atoms with van der Waals surface area (Å²) in [6.07, 6.45) is 4.76. The van der Waals surface area contributed by atoms with Crippen LogP contribution in [-0.2, 0) is 6.54 Å². The van der Waals surface area contributed by atoms with Gasteiger partial charge in [-0.3, -0.25) is 4.90 Å². The Bertz CT molecular complexity index is 425. The number of aromatic nitrogens is 2. The maximum atomic E-state index is 11.0. The number of aliphatic hydroxyl groups excluding tert-OH is 1. The van der Waals surface area contributed by atoms with Crippen LogP contribution in [0.15, 0.2) is 12.5 Å². The van der Waals surface area contributed by atoms with E-state index in [9.17, 15) is 9.90 Å². The Hall–Kier alpha value is -1.53. The molecule has 0 amide bonds. The summed E-state index contributed by atoms with van der Waals surface area (Å²) in [4.78, 5) is 21.0. The molecule has 1 atom stereocenters. The maximum Gasteiger partial charge on any atom is 0.339 e. The van der Waals surface area contributed by atoms with Crippen molar-refractivity contribution in [1.29, 1.82) is 0 Å². The van der Waals surface area contributed by atoms with E-state index in [0.29, 0.717) is 12.2 Å². The summed E-state index contributed by atoms with van der Waals surface area (Å²) in [6.45, 7) is 2.39. The zero-order valence-corrected chi connectivity index (χ0v) is 10.1. The third-order valence-electron chi connectivity index (χ3n) is 3.26. The second-order valence-electron chi connectivity index (χ2n) is 4.61. The van der Waals surface area contributed by atoms with Crippen LogP contribution in [-0.4, -0.2) is 50.7 Å². The molecule has 2 rings (SSSR count). The van der Waals surface area contributed by atoms with E-state index in [2.05, 4.69) is 14.9 Å². The van der Waals surface area contributed by atoms with E-state index < -0.39 is 5.97 Å². The fraction of sp³-hybridized carbons (Fsp3) is 0.583. The van der Waals surface area contributed by atoms with E-state index in [-0.39, 0.29) is 18.1 Å². The number of aliphatic hydroxyl groups is 1. The van der Waals surface area contributed by atoms with Gasteiger partial charge in [-0.15, -0.1) is 0 Å². The van der Waals surface area contributed by atoms with Gasteiger partial charge >= 0.3 is 5.97 Å². The minimum atomic E-state index is -0.999. The highest BCUT2D eigenvalue weighted by molar-refractivity contribution is 5.88. The van der Waals surface area contributed by atoms with Crippen LogP contribution in [0, 0.1) is 5.92 Å². The van der Waals surface area contributed by atoms with Crippen LogP contribution in [0.3, 0.4) is 0 Å². The Balaban J connectivity index is 2.07. The second kappa shape index (κ2) is 5.88. The van der Waals surface area contributed by atoms with E-state index >= 15 is 0 Å². The van der Waals surface area contributed by atoms with Crippen LogP contribution >= 0.6 is 0 Å². The first-order valence-electron chi connectivity index (χ1n) is 6.06. The lowest BCUT2D eigenvalue weighted by Gasteiger charge is -2.31. The van der Waals surface area contributed by atoms with Gasteiger partial charge in [-0.25, -0.2) is 14.8 Å². The van der Waals surface area contributed by atoms with E-state index in [1.54, 1.807) is 0 Å². The molecular weight excluding hydrogens is 234 g/mol. The molecule has 0 saturated carbocycles. The number of likely N-dealkylation sites (tertiary alicyclic amines) is 1. The smallest absolute Gasteiger partial charge is 0.339 e. The molecule has 0 aliphatic carbocycles. The van der Waals surface area contributed by atoms with Crippen LogP contribution in [0.4, 0.5) is 0 Å². The molecule has 98 valence electrons. The molecule has 0 spiro atoms. The number of nitrogens with zero attached hydrogens (tertiary/aromatic N) is 3. The maximum absolute atomic E-state index is 11.0. The number of hydrogen-bond donors (Lipinski definition) is 2. The Morgan fingerprint density at radius 3 is 3.11 bits per heavy atom. The third kappa shape index (κ3) is 3.02. The summed E-state index contributed by atoms with van der Waals surface area (Å²) in [7, 11) is 0. The number of rotatable bonds is 4. The largest absolute Gasteiger partial charge is 0.478 e. The molecule has 6 heteroatoms. The van der Waals surface area contributed by atoms with Crippen LogP contribution in [0.25, 0.3) is 0 Å². The lowest BCUT2D eigenvalue weighted by molar-refractivity contribution is 0.0690. The van der Waals surface area contributed by atoms with Crippen molar-refractivity contribution in [2.45, 2.75) is 19.4 Å². The van der Waals surface area contributed by atoms with Gasteiger partial charge in [0.05, 0.1) is 5.69 Å². The van der Waals surface area contributed by atoms with E-state index in [1.807, 2.05) is 0 Å². The van der Waals surface area contributed by atoms with Crippen LogP contribution in [0.1, 0.15) is 28.9 Å². The Morgan fingerprint density at radius 1 is 1.56 bits per heavy atom. The Morgan fingerprint density at radius 2 is 2.39 bits per heavy atom. The highest BCUT2D eigenvalue weighted by atomic mass is 16.4. The average Bonchev–Trinajstić information content (AvgIpc) is 2.39. The lowest BCUT2D eigenvalue weighted by Crippen LogP contribution is -2.36. The first-order valence-corrected chi connectivity index (χ1v) is 6.06. The summed E-state index contributed by atoms with van der Waals surface area (Å²) >= 11 is 0. The molecular formula is C12H17N3O3. The monoisotopic (exact) mass is 251 g/mol. The molecule has 1 aromatic rings. The molecule has 2 N–H and O–H groups in total. The topological polar surface area (TPSA) is 86.5 Å². The van der Waals surface area contributed by atoms with Crippen molar-refractivity contribution < 1.29 is 15.0 Å². The van der Waals surface area contributed by atoms with E-state index in [1.165, 1.54) is 12.5 Å². The summed E-state index contributed by atoms with van der Waals surface area (Å²) in [5, 5.41) is 18.2. The molecule has 0 aromatic carbocycles. The highest BCUT2D eigenvalue weighted by Crippen LogP contribution is 2.18. The van der Waals surface area contributed by atoms with Crippen LogP contribution in [0.5, 0.6) is 0 Å². The van der Waals surface area contributed by atoms with Crippen molar-refractivity contribution in [3.05, 3.63) is 23.8 Å². The van der Waals surface area contributed by atoms with Gasteiger partial charge in [0.25, 0.3) is 0 Å². The van der Waals surface area contributed by atoms with Gasteiger partial charge in [-0.2, -0.15) is 0 Å². The molecule has 2 heterocycles. The summed E-state index contributed by atoms with van der Waals surface area (Å²) in [5.41, 5.74) is 0.694. The molecule has 18 heavy (non-hydrogen) atoms. The van der Waals surface area contributed by atoms with Crippen molar-refractivity contribution in [2.24, 2.45) is 5.92 Å². The zero-order valence-electron chi connectivity index (χ0n) is 10.1. The predicted molar refractivity (Wildman–Crippen MR) is 64.1 cm³/mol. The first-order chi connectivity index (χ1) is 8.70. The van der Waals surface area contributed by atoms with Gasteiger partial charge in [-0.05, 0) is 25.3 Å². The van der Waals surface area contributed by atoms with E-state index in [0.717, 1.165) is 25.9 Å². The average molecular weight is 251 g/mol. The minimum Gasteiger partial charge on any atom is -0.478 e. The molecule has 1 aromatic heterocycles. The van der Waals surface area contributed by atoms with Gasteiger partial charge < -0.3 is 10.2 Å². The number of carbonyl (C=O) groups is 1. The van der Waals surface area contributed by atoms with Crippen LogP contribution in [0.2, 0.25) is 0 Å². The molecule has 0 radical (unpaired) electrons. The molecule has 6 nitrogen and oxygen atoms in total. The van der Waals surface area contributed by atoms with Gasteiger partial charge in [-0.1, -0.05) is 0 Å². The standard InChI is InChI=1S/C12H17N3O3/c16-7-9-2-1-3-15(5-9)6-11-10(12(17)18)4-13-8-14-11/h4,8-9,16H,1-3,5-7H2,(H,17,18). The first kappa shape index (κ1) is 12.9. The van der Waals surface area contributed by atoms with E-state index in [4.69, 9.17) is 5.11 Å². The number of carboxylic acids is 1. The normalized spacial score (nSPS) is 20.8. The SMILES string of the molecule is O=C(O)c1cncnc1CN1CCCC(CO)C1. The summed E-state index contributed by atoms with van der Waals surface area (Å²) < 4.78 is 0. The van der Waals surface area contributed by atoms with Crippen molar-refractivity contribution in [3.8, 4) is 0 Å². The van der Waals surface area contributed by atoms with Crippen molar-refractivity contribution in [3.63, 3.8) is 0 Å². The van der Waals surface area contributed by atoms with Gasteiger partial charge in [0.15, 0.2) is 0 Å². The van der Waals surface area contributed by atoms with Gasteiger partial charge in [0.2, 0.25) is 0 Å². The molecule has 0 bridgehead atoms. The fourth-order valence-electron chi connectivity index (χ4n) is 2.32. The molecule has 1 aliphatic rings. The minimum absolute atomic E-state index is 0.156. The molecule has 1 fully saturated rings. The number of aromatic carboxylic acids is 1. The highest BCUT2D eigenvalue weighted by Gasteiger charge is 2.21. The molecule has 1 aliphatic heterocycles. The molecule has 1 saturated heterocycles.